The number of carbonyl (C=O) groups is 2. The number of hydrogen-bond acceptors (Lipinski definition) is 4. The second-order valence-electron chi connectivity index (χ2n) is 4.43. The average Bonchev–Trinajstić information content (AvgIpc) is 2.86. The predicted molar refractivity (Wildman–Crippen MR) is 78.5 cm³/mol. The van der Waals surface area contributed by atoms with Gasteiger partial charge in [-0.25, -0.2) is 0 Å². The van der Waals surface area contributed by atoms with E-state index in [9.17, 15) is 9.59 Å². The van der Waals surface area contributed by atoms with Crippen molar-refractivity contribution >= 4 is 29.1 Å². The van der Waals surface area contributed by atoms with Crippen LogP contribution in [-0.4, -0.2) is 23.3 Å². The molecule has 2 aromatic rings. The highest BCUT2D eigenvalue weighted by atomic mass is 35.5. The first-order valence-corrected chi connectivity index (χ1v) is 6.51. The zero-order valence-corrected chi connectivity index (χ0v) is 11.8. The Morgan fingerprint density at radius 3 is 2.48 bits per heavy atom. The third-order valence-corrected chi connectivity index (χ3v) is 3.04. The Hall–Kier alpha value is -2.47. The van der Waals surface area contributed by atoms with Gasteiger partial charge in [0.1, 0.15) is 6.54 Å². The molecular formula is C14H14ClN3O3. The lowest BCUT2D eigenvalue weighted by molar-refractivity contribution is -0.118. The molecule has 0 aliphatic carbocycles. The summed E-state index contributed by atoms with van der Waals surface area (Å²) < 4.78 is 5.07. The van der Waals surface area contributed by atoms with Crippen LogP contribution >= 0.6 is 11.6 Å². The van der Waals surface area contributed by atoms with Crippen LogP contribution in [0.4, 0.5) is 5.69 Å². The highest BCUT2D eigenvalue weighted by Gasteiger charge is 2.21. The number of carbonyl (C=O) groups excluding carboxylic acids is 2. The summed E-state index contributed by atoms with van der Waals surface area (Å²) in [4.78, 5) is 24.8. The molecule has 0 aliphatic heterocycles. The fourth-order valence-corrected chi connectivity index (χ4v) is 2.00. The third-order valence-electron chi connectivity index (χ3n) is 2.83. The normalized spacial score (nSPS) is 10.3. The first-order chi connectivity index (χ1) is 9.97. The molecule has 6 nitrogen and oxygen atoms in total. The number of nitrogens with zero attached hydrogens (tertiary/aromatic N) is 1. The minimum absolute atomic E-state index is 0.0377. The number of para-hydroxylation sites is 1. The van der Waals surface area contributed by atoms with Crippen molar-refractivity contribution in [3.05, 3.63) is 52.9 Å². The van der Waals surface area contributed by atoms with E-state index in [1.807, 2.05) is 0 Å². The van der Waals surface area contributed by atoms with Crippen LogP contribution in [0.3, 0.4) is 0 Å². The summed E-state index contributed by atoms with van der Waals surface area (Å²) in [6.45, 7) is -0.0990. The third kappa shape index (κ3) is 3.76. The lowest BCUT2D eigenvalue weighted by atomic mass is 10.1. The molecule has 0 atom stereocenters. The number of amides is 2. The number of nitrogen functional groups attached to an aromatic ring is 1. The second-order valence-corrected chi connectivity index (χ2v) is 4.80. The molecule has 1 aromatic carbocycles. The van der Waals surface area contributed by atoms with Gasteiger partial charge < -0.3 is 20.8 Å². The van der Waals surface area contributed by atoms with Gasteiger partial charge in [0.25, 0.3) is 5.91 Å². The Balaban J connectivity index is 2.24. The van der Waals surface area contributed by atoms with Gasteiger partial charge in [-0.1, -0.05) is 18.2 Å². The number of furan rings is 1. The summed E-state index contributed by atoms with van der Waals surface area (Å²) in [5.41, 5.74) is 12.3. The zero-order chi connectivity index (χ0) is 15.4. The molecule has 1 heterocycles. The first kappa shape index (κ1) is 14.9. The minimum Gasteiger partial charge on any atom is -0.440 e. The number of rotatable bonds is 5. The molecule has 0 saturated carbocycles. The maximum absolute atomic E-state index is 12.3. The number of hydrogen-bond donors (Lipinski definition) is 2. The topological polar surface area (TPSA) is 103 Å². The predicted octanol–water partition coefficient (Wildman–Crippen LogP) is 1.64. The van der Waals surface area contributed by atoms with E-state index >= 15 is 0 Å². The monoisotopic (exact) mass is 307 g/mol. The van der Waals surface area contributed by atoms with E-state index in [4.69, 9.17) is 27.5 Å². The fourth-order valence-electron chi connectivity index (χ4n) is 1.86. The van der Waals surface area contributed by atoms with Gasteiger partial charge in [-0.15, -0.1) is 0 Å². The number of benzene rings is 1. The molecule has 2 rings (SSSR count). The van der Waals surface area contributed by atoms with Crippen molar-refractivity contribution in [1.29, 1.82) is 0 Å². The van der Waals surface area contributed by atoms with E-state index in [1.54, 1.807) is 24.3 Å². The molecular weight excluding hydrogens is 294 g/mol. The fraction of sp³-hybridized carbons (Fsp3) is 0.143. The first-order valence-electron chi connectivity index (χ1n) is 6.13. The molecule has 110 valence electrons. The van der Waals surface area contributed by atoms with Crippen molar-refractivity contribution in [2.24, 2.45) is 5.73 Å². The molecule has 0 aliphatic rings. The molecule has 1 aromatic heterocycles. The van der Waals surface area contributed by atoms with Crippen molar-refractivity contribution in [3.8, 4) is 0 Å². The van der Waals surface area contributed by atoms with Crippen LogP contribution in [0.1, 0.15) is 16.1 Å². The van der Waals surface area contributed by atoms with Crippen LogP contribution in [0.25, 0.3) is 0 Å². The molecule has 0 bridgehead atoms. The van der Waals surface area contributed by atoms with Crippen molar-refractivity contribution in [3.63, 3.8) is 0 Å². The highest BCUT2D eigenvalue weighted by Crippen LogP contribution is 2.18. The van der Waals surface area contributed by atoms with E-state index in [2.05, 4.69) is 0 Å². The number of anilines is 1. The van der Waals surface area contributed by atoms with Crippen LogP contribution in [0.2, 0.25) is 5.22 Å². The van der Waals surface area contributed by atoms with E-state index in [-0.39, 0.29) is 24.1 Å². The Bertz CT molecular complexity index is 669. The molecule has 4 N–H and O–H groups in total. The molecule has 0 spiro atoms. The van der Waals surface area contributed by atoms with Gasteiger partial charge in [0.2, 0.25) is 5.91 Å². The molecule has 0 fully saturated rings. The lowest BCUT2D eigenvalue weighted by Crippen LogP contribution is -2.38. The van der Waals surface area contributed by atoms with Gasteiger partial charge >= 0.3 is 0 Å². The molecule has 2 amide bonds. The number of primary amides is 1. The molecule has 21 heavy (non-hydrogen) atoms. The Morgan fingerprint density at radius 2 is 1.90 bits per heavy atom. The van der Waals surface area contributed by atoms with Gasteiger partial charge in [-0.3, -0.25) is 9.59 Å². The van der Waals surface area contributed by atoms with Crippen molar-refractivity contribution in [2.75, 3.05) is 12.3 Å². The number of halogens is 1. The van der Waals surface area contributed by atoms with Crippen molar-refractivity contribution in [1.82, 2.24) is 4.90 Å². The molecule has 0 radical (unpaired) electrons. The number of nitrogens with two attached hydrogens (primary N) is 2. The van der Waals surface area contributed by atoms with Crippen molar-refractivity contribution in [2.45, 2.75) is 6.54 Å². The summed E-state index contributed by atoms with van der Waals surface area (Å²) in [7, 11) is 0. The Kier molecular flexibility index (Phi) is 4.49. The summed E-state index contributed by atoms with van der Waals surface area (Å²) in [6.07, 6.45) is 0. The van der Waals surface area contributed by atoms with E-state index in [0.717, 1.165) is 0 Å². The van der Waals surface area contributed by atoms with Gasteiger partial charge in [0.05, 0.1) is 0 Å². The van der Waals surface area contributed by atoms with Crippen LogP contribution in [-0.2, 0) is 11.3 Å². The SMILES string of the molecule is NC(=O)CN(Cc1ccccc1N)C(=O)c1ccc(Cl)o1. The van der Waals surface area contributed by atoms with Crippen LogP contribution in [0.5, 0.6) is 0 Å². The summed E-state index contributed by atoms with van der Waals surface area (Å²) >= 11 is 5.65. The lowest BCUT2D eigenvalue weighted by Gasteiger charge is -2.20. The van der Waals surface area contributed by atoms with Crippen LogP contribution in [0.15, 0.2) is 40.8 Å². The van der Waals surface area contributed by atoms with E-state index in [0.29, 0.717) is 11.3 Å². The zero-order valence-electron chi connectivity index (χ0n) is 11.1. The standard InChI is InChI=1S/C14H14ClN3O3/c15-12-6-5-11(21-12)14(20)18(8-13(17)19)7-9-3-1-2-4-10(9)16/h1-6H,7-8,16H2,(H2,17,19). The highest BCUT2D eigenvalue weighted by molar-refractivity contribution is 6.29. The van der Waals surface area contributed by atoms with Crippen molar-refractivity contribution < 1.29 is 14.0 Å². The van der Waals surface area contributed by atoms with Crippen LogP contribution in [0, 0.1) is 0 Å². The van der Waals surface area contributed by atoms with Gasteiger partial charge in [0.15, 0.2) is 11.0 Å². The van der Waals surface area contributed by atoms with Gasteiger partial charge in [-0.05, 0) is 35.4 Å². The average molecular weight is 308 g/mol. The Morgan fingerprint density at radius 1 is 1.19 bits per heavy atom. The summed E-state index contributed by atoms with van der Waals surface area (Å²) in [5, 5.41) is 0.0941. The minimum atomic E-state index is -0.629. The van der Waals surface area contributed by atoms with Gasteiger partial charge in [0, 0.05) is 12.2 Å². The summed E-state index contributed by atoms with van der Waals surface area (Å²) in [5.74, 6) is -1.07. The quantitative estimate of drug-likeness (QED) is 0.820. The molecule has 0 unspecified atom stereocenters. The van der Waals surface area contributed by atoms with Crippen LogP contribution < -0.4 is 11.5 Å². The maximum atomic E-state index is 12.3. The smallest absolute Gasteiger partial charge is 0.290 e. The second kappa shape index (κ2) is 6.32. The maximum Gasteiger partial charge on any atom is 0.290 e. The van der Waals surface area contributed by atoms with E-state index < -0.39 is 11.8 Å². The molecule has 0 saturated heterocycles. The largest absolute Gasteiger partial charge is 0.440 e. The molecule has 7 heteroatoms. The van der Waals surface area contributed by atoms with Gasteiger partial charge in [-0.2, -0.15) is 0 Å². The summed E-state index contributed by atoms with van der Waals surface area (Å²) in [6, 6.07) is 9.95. The van der Waals surface area contributed by atoms with E-state index in [1.165, 1.54) is 17.0 Å². The Labute approximate surface area is 126 Å².